The number of alkyl halides is 3. The van der Waals surface area contributed by atoms with Crippen LogP contribution in [0.5, 0.6) is 23.0 Å². The molecule has 1 aliphatic carbocycles. The number of aromatic hydroxyl groups is 1. The highest BCUT2D eigenvalue weighted by Crippen LogP contribution is 2.46. The number of fused-ring (bicyclic) bond motifs is 3. The minimum atomic E-state index is -4.37. The van der Waals surface area contributed by atoms with Gasteiger partial charge in [0.2, 0.25) is 0 Å². The summed E-state index contributed by atoms with van der Waals surface area (Å²) >= 11 is 0. The lowest BCUT2D eigenvalue weighted by atomic mass is 9.96. The zero-order valence-corrected chi connectivity index (χ0v) is 25.5. The molecule has 45 heavy (non-hydrogen) atoms. The van der Waals surface area contributed by atoms with E-state index in [9.17, 15) is 27.9 Å². The van der Waals surface area contributed by atoms with Gasteiger partial charge >= 0.3 is 18.1 Å². The van der Waals surface area contributed by atoms with Gasteiger partial charge in [-0.1, -0.05) is 24.3 Å². The summed E-state index contributed by atoms with van der Waals surface area (Å²) < 4.78 is 66.6. The number of methoxy groups -OCH3 is 2. The molecule has 240 valence electrons. The van der Waals surface area contributed by atoms with E-state index in [1.165, 1.54) is 20.3 Å². The zero-order chi connectivity index (χ0) is 32.5. The van der Waals surface area contributed by atoms with E-state index in [4.69, 9.17) is 18.9 Å². The van der Waals surface area contributed by atoms with Crippen LogP contribution in [0.25, 0.3) is 0 Å². The van der Waals surface area contributed by atoms with Crippen molar-refractivity contribution in [3.05, 3.63) is 81.4 Å². The first-order valence-corrected chi connectivity index (χ1v) is 14.6. The van der Waals surface area contributed by atoms with Gasteiger partial charge in [-0.2, -0.15) is 13.2 Å². The predicted molar refractivity (Wildman–Crippen MR) is 157 cm³/mol. The molecule has 2 heterocycles. The molecule has 2 aliphatic heterocycles. The van der Waals surface area contributed by atoms with E-state index in [1.54, 1.807) is 31.2 Å². The smallest absolute Gasteiger partial charge is 0.416 e. The third-order valence-corrected chi connectivity index (χ3v) is 8.60. The van der Waals surface area contributed by atoms with Crippen molar-refractivity contribution in [2.45, 2.75) is 63.6 Å². The lowest BCUT2D eigenvalue weighted by Crippen LogP contribution is -2.10. The van der Waals surface area contributed by atoms with E-state index in [2.05, 4.69) is 4.74 Å². The summed E-state index contributed by atoms with van der Waals surface area (Å²) in [6.07, 6.45) is -3.43. The molecule has 11 heteroatoms. The Bertz CT molecular complexity index is 1600. The van der Waals surface area contributed by atoms with E-state index in [-0.39, 0.29) is 35.9 Å². The SMILES string of the molecule is COC(=O)CC1COc2c1ccc(O)c2C.COC(=O)CC1COc2c1ccc(O[C@@H]1CCc3c1cccc3C(F)(F)F)c2C. The number of carbonyl (C=O) groups is 2. The van der Waals surface area contributed by atoms with Gasteiger partial charge in [0.05, 0.1) is 45.8 Å². The summed E-state index contributed by atoms with van der Waals surface area (Å²) in [6.45, 7) is 4.51. The van der Waals surface area contributed by atoms with Gasteiger partial charge in [-0.25, -0.2) is 0 Å². The molecule has 0 saturated carbocycles. The van der Waals surface area contributed by atoms with Crippen LogP contribution in [0.3, 0.4) is 0 Å². The first kappa shape index (κ1) is 32.0. The predicted octanol–water partition coefficient (Wildman–Crippen LogP) is 6.86. The Morgan fingerprint density at radius 3 is 2.00 bits per heavy atom. The first-order valence-electron chi connectivity index (χ1n) is 14.6. The molecule has 0 radical (unpaired) electrons. The van der Waals surface area contributed by atoms with E-state index in [0.717, 1.165) is 28.3 Å². The van der Waals surface area contributed by atoms with Crippen molar-refractivity contribution in [1.82, 2.24) is 0 Å². The van der Waals surface area contributed by atoms with Crippen LogP contribution in [0, 0.1) is 13.8 Å². The van der Waals surface area contributed by atoms with Crippen molar-refractivity contribution in [2.24, 2.45) is 0 Å². The van der Waals surface area contributed by atoms with E-state index >= 15 is 0 Å². The van der Waals surface area contributed by atoms with Gasteiger partial charge in [0, 0.05) is 34.1 Å². The van der Waals surface area contributed by atoms with Crippen LogP contribution in [-0.2, 0) is 31.7 Å². The number of hydrogen-bond donors (Lipinski definition) is 1. The van der Waals surface area contributed by atoms with Gasteiger partial charge in [-0.3, -0.25) is 9.59 Å². The Morgan fingerprint density at radius 1 is 0.844 bits per heavy atom. The van der Waals surface area contributed by atoms with Crippen LogP contribution >= 0.6 is 0 Å². The second-order valence-corrected chi connectivity index (χ2v) is 11.3. The van der Waals surface area contributed by atoms with Crippen molar-refractivity contribution in [2.75, 3.05) is 27.4 Å². The highest BCUT2D eigenvalue weighted by Gasteiger charge is 2.38. The first-order chi connectivity index (χ1) is 21.4. The van der Waals surface area contributed by atoms with Crippen LogP contribution in [-0.4, -0.2) is 44.5 Å². The largest absolute Gasteiger partial charge is 0.508 e. The average molecular weight is 629 g/mol. The lowest BCUT2D eigenvalue weighted by molar-refractivity contribution is -0.142. The summed E-state index contributed by atoms with van der Waals surface area (Å²) in [5.74, 6) is 1.59. The maximum atomic E-state index is 13.3. The molecule has 0 fully saturated rings. The summed E-state index contributed by atoms with van der Waals surface area (Å²) in [7, 11) is 2.73. The van der Waals surface area contributed by atoms with Gasteiger partial charge in [0.15, 0.2) is 0 Å². The van der Waals surface area contributed by atoms with E-state index in [1.807, 2.05) is 13.0 Å². The van der Waals surface area contributed by atoms with Gasteiger partial charge < -0.3 is 28.8 Å². The Kier molecular flexibility index (Phi) is 9.18. The number of rotatable bonds is 6. The fourth-order valence-electron chi connectivity index (χ4n) is 6.16. The molecule has 0 amide bonds. The molecule has 0 spiro atoms. The average Bonchev–Trinajstić information content (AvgIpc) is 3.74. The summed E-state index contributed by atoms with van der Waals surface area (Å²) in [5, 5.41) is 9.53. The minimum Gasteiger partial charge on any atom is -0.508 e. The van der Waals surface area contributed by atoms with Crippen molar-refractivity contribution < 1.29 is 51.6 Å². The molecule has 3 aromatic rings. The fraction of sp³-hybridized carbons (Fsp3) is 0.412. The monoisotopic (exact) mass is 628 g/mol. The molecule has 3 aliphatic rings. The second-order valence-electron chi connectivity index (χ2n) is 11.3. The number of esters is 2. The molecule has 3 atom stereocenters. The Balaban J connectivity index is 0.000000211. The zero-order valence-electron chi connectivity index (χ0n) is 25.5. The number of ether oxygens (including phenoxy) is 5. The normalized spacial score (nSPS) is 19.2. The van der Waals surface area contributed by atoms with Gasteiger partial charge in [0.25, 0.3) is 0 Å². The molecule has 2 unspecified atom stereocenters. The Morgan fingerprint density at radius 2 is 1.42 bits per heavy atom. The number of phenols is 1. The van der Waals surface area contributed by atoms with Crippen LogP contribution in [0.4, 0.5) is 13.2 Å². The van der Waals surface area contributed by atoms with Crippen molar-refractivity contribution >= 4 is 11.9 Å². The number of benzene rings is 3. The van der Waals surface area contributed by atoms with Crippen LogP contribution in [0.2, 0.25) is 0 Å². The van der Waals surface area contributed by atoms with Gasteiger partial charge in [0.1, 0.15) is 29.1 Å². The van der Waals surface area contributed by atoms with E-state index < -0.39 is 17.8 Å². The van der Waals surface area contributed by atoms with Gasteiger partial charge in [-0.15, -0.1) is 0 Å². The van der Waals surface area contributed by atoms with Crippen LogP contribution in [0.1, 0.15) is 76.1 Å². The second kappa shape index (κ2) is 12.9. The molecular weight excluding hydrogens is 593 g/mol. The Hall–Kier alpha value is -4.41. The lowest BCUT2D eigenvalue weighted by Gasteiger charge is -2.19. The quantitative estimate of drug-likeness (QED) is 0.296. The number of halogens is 3. The molecular formula is C34H35F3O8. The summed E-state index contributed by atoms with van der Waals surface area (Å²) in [4.78, 5) is 22.8. The van der Waals surface area contributed by atoms with Gasteiger partial charge in [-0.05, 0) is 56.0 Å². The Labute approximate surface area is 259 Å². The molecule has 0 aromatic heterocycles. The summed E-state index contributed by atoms with van der Waals surface area (Å²) in [5.41, 5.74) is 3.73. The van der Waals surface area contributed by atoms with E-state index in [0.29, 0.717) is 60.9 Å². The molecule has 6 rings (SSSR count). The van der Waals surface area contributed by atoms with Crippen LogP contribution < -0.4 is 14.2 Å². The maximum absolute atomic E-state index is 13.3. The highest BCUT2D eigenvalue weighted by atomic mass is 19.4. The van der Waals surface area contributed by atoms with Crippen molar-refractivity contribution in [3.8, 4) is 23.0 Å². The third-order valence-electron chi connectivity index (χ3n) is 8.60. The molecule has 0 bridgehead atoms. The summed E-state index contributed by atoms with van der Waals surface area (Å²) in [6, 6.07) is 11.4. The number of hydrogen-bond acceptors (Lipinski definition) is 8. The molecule has 8 nitrogen and oxygen atoms in total. The fourth-order valence-corrected chi connectivity index (χ4v) is 6.16. The standard InChI is InChI=1S/C22H21F3O4.C12H14O4/c1-12-18(8-6-14-13(10-20(26)27-2)11-28-21(12)14)29-19-9-7-15-16(19)4-3-5-17(15)22(23,24)25;1-7-10(13)4-3-9-8(5-11(14)15-2)6-16-12(7)9/h3-6,8,13,19H,7,9-11H2,1-2H3;3-4,8,13H,5-6H2,1-2H3/t13?,19-;/m1./s1. The van der Waals surface area contributed by atoms with Crippen molar-refractivity contribution in [1.29, 1.82) is 0 Å². The molecule has 0 saturated heterocycles. The minimum absolute atomic E-state index is 0.0294. The molecule has 1 N–H and O–H groups in total. The highest BCUT2D eigenvalue weighted by molar-refractivity contribution is 5.72. The maximum Gasteiger partial charge on any atom is 0.416 e. The number of phenolic OH excluding ortho intramolecular Hbond substituents is 1. The molecule has 3 aromatic carbocycles. The topological polar surface area (TPSA) is 101 Å². The third kappa shape index (κ3) is 6.53. The van der Waals surface area contributed by atoms with Crippen LogP contribution in [0.15, 0.2) is 42.5 Å². The number of carbonyl (C=O) groups excluding carboxylic acids is 2. The van der Waals surface area contributed by atoms with Crippen molar-refractivity contribution in [3.63, 3.8) is 0 Å².